The molecule has 1 nitrogen and oxygen atoms in total. The summed E-state index contributed by atoms with van der Waals surface area (Å²) in [6.07, 6.45) is -10.2. The van der Waals surface area contributed by atoms with Gasteiger partial charge in [0.15, 0.2) is 0 Å². The zero-order chi connectivity index (χ0) is 13.3. The molecule has 8 heteroatoms. The van der Waals surface area contributed by atoms with Crippen LogP contribution in [0, 0.1) is 0 Å². The molecule has 0 aromatic heterocycles. The Labute approximate surface area is 96.9 Å². The van der Waals surface area contributed by atoms with Crippen molar-refractivity contribution in [2.45, 2.75) is 18.4 Å². The summed E-state index contributed by atoms with van der Waals surface area (Å²) in [6.45, 7) is 0. The minimum atomic E-state index is -5.19. The van der Waals surface area contributed by atoms with Crippen LogP contribution in [0.3, 0.4) is 0 Å². The standard InChI is InChI=1S/C9H5ClF6O/c10-4-5-2-1-3-6(17-9(14,15)16)7(5)8(11,12)13/h1-3H,4H2. The van der Waals surface area contributed by atoms with Crippen LogP contribution < -0.4 is 4.74 Å². The fraction of sp³-hybridized carbons (Fsp3) is 0.333. The zero-order valence-corrected chi connectivity index (χ0v) is 8.75. The monoisotopic (exact) mass is 278 g/mol. The van der Waals surface area contributed by atoms with E-state index in [1.165, 1.54) is 0 Å². The van der Waals surface area contributed by atoms with Gasteiger partial charge in [-0.05, 0) is 11.6 Å². The molecule has 0 amide bonds. The average molecular weight is 279 g/mol. The highest BCUT2D eigenvalue weighted by Crippen LogP contribution is 2.41. The lowest BCUT2D eigenvalue weighted by Gasteiger charge is -2.17. The van der Waals surface area contributed by atoms with Crippen LogP contribution in [-0.4, -0.2) is 6.36 Å². The maximum Gasteiger partial charge on any atom is 0.573 e. The molecule has 0 bridgehead atoms. The Morgan fingerprint density at radius 2 is 1.65 bits per heavy atom. The molecule has 0 saturated carbocycles. The second kappa shape index (κ2) is 4.64. The topological polar surface area (TPSA) is 9.23 Å². The summed E-state index contributed by atoms with van der Waals surface area (Å²) in [7, 11) is 0. The highest BCUT2D eigenvalue weighted by Gasteiger charge is 2.40. The van der Waals surface area contributed by atoms with Gasteiger partial charge in [-0.25, -0.2) is 0 Å². The zero-order valence-electron chi connectivity index (χ0n) is 7.99. The summed E-state index contributed by atoms with van der Waals surface area (Å²) >= 11 is 5.24. The van der Waals surface area contributed by atoms with Gasteiger partial charge in [0.25, 0.3) is 0 Å². The molecule has 0 radical (unpaired) electrons. The fourth-order valence-electron chi connectivity index (χ4n) is 1.22. The van der Waals surface area contributed by atoms with Crippen molar-refractivity contribution in [3.63, 3.8) is 0 Å². The van der Waals surface area contributed by atoms with Crippen molar-refractivity contribution >= 4 is 11.6 Å². The van der Waals surface area contributed by atoms with E-state index in [2.05, 4.69) is 4.74 Å². The largest absolute Gasteiger partial charge is 0.573 e. The smallest absolute Gasteiger partial charge is 0.405 e. The minimum Gasteiger partial charge on any atom is -0.405 e. The first-order valence-corrected chi connectivity index (χ1v) is 4.69. The molecule has 1 rings (SSSR count). The highest BCUT2D eigenvalue weighted by molar-refractivity contribution is 6.17. The van der Waals surface area contributed by atoms with Crippen molar-refractivity contribution in [3.8, 4) is 5.75 Å². The van der Waals surface area contributed by atoms with Crippen LogP contribution in [0.15, 0.2) is 18.2 Å². The van der Waals surface area contributed by atoms with E-state index < -0.39 is 35.3 Å². The molecule has 0 aliphatic carbocycles. The normalized spacial score (nSPS) is 12.6. The first-order chi connectivity index (χ1) is 7.65. The van der Waals surface area contributed by atoms with Crippen molar-refractivity contribution in [2.24, 2.45) is 0 Å². The number of hydrogen-bond donors (Lipinski definition) is 0. The van der Waals surface area contributed by atoms with Gasteiger partial charge < -0.3 is 4.74 Å². The van der Waals surface area contributed by atoms with Crippen LogP contribution in [-0.2, 0) is 12.1 Å². The average Bonchev–Trinajstić information content (AvgIpc) is 2.12. The van der Waals surface area contributed by atoms with E-state index in [9.17, 15) is 26.3 Å². The Bertz CT molecular complexity index is 397. The van der Waals surface area contributed by atoms with Gasteiger partial charge >= 0.3 is 12.5 Å². The molecule has 0 heterocycles. The van der Waals surface area contributed by atoms with E-state index in [0.29, 0.717) is 6.07 Å². The Balaban J connectivity index is 3.30. The van der Waals surface area contributed by atoms with Crippen molar-refractivity contribution in [1.82, 2.24) is 0 Å². The lowest BCUT2D eigenvalue weighted by atomic mass is 10.1. The number of benzene rings is 1. The van der Waals surface area contributed by atoms with Gasteiger partial charge in [-0.2, -0.15) is 13.2 Å². The van der Waals surface area contributed by atoms with Gasteiger partial charge in [0, 0.05) is 5.88 Å². The molecule has 17 heavy (non-hydrogen) atoms. The van der Waals surface area contributed by atoms with Crippen LogP contribution in [0.5, 0.6) is 5.75 Å². The number of alkyl halides is 7. The lowest BCUT2D eigenvalue weighted by molar-refractivity contribution is -0.276. The van der Waals surface area contributed by atoms with E-state index in [4.69, 9.17) is 11.6 Å². The van der Waals surface area contributed by atoms with Crippen LogP contribution >= 0.6 is 11.6 Å². The number of hydrogen-bond acceptors (Lipinski definition) is 1. The number of ether oxygens (including phenoxy) is 1. The molecule has 0 aliphatic rings. The molecule has 0 saturated heterocycles. The van der Waals surface area contributed by atoms with Crippen LogP contribution in [0.25, 0.3) is 0 Å². The Morgan fingerprint density at radius 1 is 1.06 bits per heavy atom. The van der Waals surface area contributed by atoms with Crippen molar-refractivity contribution < 1.29 is 31.1 Å². The summed E-state index contributed by atoms with van der Waals surface area (Å²) in [5.41, 5.74) is -1.98. The third kappa shape index (κ3) is 3.69. The molecule has 0 N–H and O–H groups in total. The molecule has 0 atom stereocenters. The molecular formula is C9H5ClF6O. The van der Waals surface area contributed by atoms with Gasteiger partial charge in [-0.3, -0.25) is 0 Å². The lowest BCUT2D eigenvalue weighted by Crippen LogP contribution is -2.21. The van der Waals surface area contributed by atoms with E-state index >= 15 is 0 Å². The fourth-order valence-corrected chi connectivity index (χ4v) is 1.44. The van der Waals surface area contributed by atoms with Gasteiger partial charge in [0.2, 0.25) is 0 Å². The summed E-state index contributed by atoms with van der Waals surface area (Å²) in [5.74, 6) is -1.87. The molecule has 0 fully saturated rings. The van der Waals surface area contributed by atoms with E-state index in [1.807, 2.05) is 0 Å². The molecular weight excluding hydrogens is 274 g/mol. The van der Waals surface area contributed by atoms with E-state index in [-0.39, 0.29) is 0 Å². The van der Waals surface area contributed by atoms with Crippen LogP contribution in [0.2, 0.25) is 0 Å². The van der Waals surface area contributed by atoms with Crippen molar-refractivity contribution in [2.75, 3.05) is 0 Å². The first-order valence-electron chi connectivity index (χ1n) is 4.16. The minimum absolute atomic E-state index is 0.471. The van der Waals surface area contributed by atoms with E-state index in [0.717, 1.165) is 12.1 Å². The first kappa shape index (κ1) is 14.0. The molecule has 0 aliphatic heterocycles. The molecule has 96 valence electrons. The third-order valence-corrected chi connectivity index (χ3v) is 2.05. The van der Waals surface area contributed by atoms with Gasteiger partial charge in [-0.15, -0.1) is 24.8 Å². The van der Waals surface area contributed by atoms with Crippen molar-refractivity contribution in [1.29, 1.82) is 0 Å². The second-order valence-corrected chi connectivity index (χ2v) is 3.24. The summed E-state index contributed by atoms with van der Waals surface area (Å²) in [4.78, 5) is 0. The molecule has 0 spiro atoms. The number of halogens is 7. The summed E-state index contributed by atoms with van der Waals surface area (Å²) in [6, 6.07) is 2.58. The summed E-state index contributed by atoms with van der Waals surface area (Å²) < 4.78 is 76.8. The molecule has 1 aromatic carbocycles. The second-order valence-electron chi connectivity index (χ2n) is 2.97. The molecule has 1 aromatic rings. The highest BCUT2D eigenvalue weighted by atomic mass is 35.5. The van der Waals surface area contributed by atoms with Gasteiger partial charge in [0.1, 0.15) is 11.3 Å². The predicted octanol–water partition coefficient (Wildman–Crippen LogP) is 4.34. The number of rotatable bonds is 2. The Kier molecular flexibility index (Phi) is 3.81. The maximum absolute atomic E-state index is 12.6. The van der Waals surface area contributed by atoms with Gasteiger partial charge in [-0.1, -0.05) is 12.1 Å². The summed E-state index contributed by atoms with van der Waals surface area (Å²) in [5, 5.41) is 0. The van der Waals surface area contributed by atoms with E-state index in [1.54, 1.807) is 0 Å². The maximum atomic E-state index is 12.6. The van der Waals surface area contributed by atoms with Gasteiger partial charge in [0.05, 0.1) is 0 Å². The van der Waals surface area contributed by atoms with Crippen molar-refractivity contribution in [3.05, 3.63) is 29.3 Å². The quantitative estimate of drug-likeness (QED) is 0.577. The predicted molar refractivity (Wildman–Crippen MR) is 47.7 cm³/mol. The Morgan fingerprint density at radius 3 is 2.06 bits per heavy atom. The van der Waals surface area contributed by atoms with Crippen LogP contribution in [0.4, 0.5) is 26.3 Å². The third-order valence-electron chi connectivity index (χ3n) is 1.77. The van der Waals surface area contributed by atoms with Crippen LogP contribution in [0.1, 0.15) is 11.1 Å². The SMILES string of the molecule is FC(F)(F)Oc1cccc(CCl)c1C(F)(F)F. The molecule has 0 unspecified atom stereocenters. The Hall–Kier alpha value is -1.11.